The van der Waals surface area contributed by atoms with Crippen LogP contribution in [0.15, 0.2) is 60.8 Å². The van der Waals surface area contributed by atoms with Crippen molar-refractivity contribution in [3.63, 3.8) is 0 Å². The van der Waals surface area contributed by atoms with Crippen molar-refractivity contribution in [3.05, 3.63) is 82.5 Å². The smallest absolute Gasteiger partial charge is 0.417 e. The van der Waals surface area contributed by atoms with Crippen LogP contribution in [-0.4, -0.2) is 42.3 Å². The van der Waals surface area contributed by atoms with E-state index in [4.69, 9.17) is 35.7 Å². The number of hydrogen-bond donors (Lipinski definition) is 1. The number of aliphatic hydroxyl groups is 1. The number of fused-ring (bicyclic) bond motifs is 3. The lowest BCUT2D eigenvalue weighted by Crippen LogP contribution is -2.17. The molecule has 5 rings (SSSR count). The van der Waals surface area contributed by atoms with Crippen LogP contribution in [-0.2, 0) is 23.8 Å². The second-order valence-corrected chi connectivity index (χ2v) is 9.72. The van der Waals surface area contributed by atoms with Gasteiger partial charge < -0.3 is 24.1 Å². The minimum Gasteiger partial charge on any atom is -0.489 e. The van der Waals surface area contributed by atoms with Crippen LogP contribution in [0.4, 0.5) is 13.2 Å². The van der Waals surface area contributed by atoms with Gasteiger partial charge in [-0.2, -0.15) is 13.2 Å². The quantitative estimate of drug-likeness (QED) is 0.210. The molecule has 0 fully saturated rings. The number of alkyl halides is 3. The van der Waals surface area contributed by atoms with Crippen LogP contribution < -0.4 is 18.9 Å². The van der Waals surface area contributed by atoms with Gasteiger partial charge in [0.1, 0.15) is 30.5 Å². The lowest BCUT2D eigenvalue weighted by molar-refractivity contribution is -0.137. The van der Waals surface area contributed by atoms with Gasteiger partial charge in [0.15, 0.2) is 11.5 Å². The molecule has 1 aromatic heterocycles. The lowest BCUT2D eigenvalue weighted by atomic mass is 10.0. The van der Waals surface area contributed by atoms with E-state index in [0.29, 0.717) is 71.5 Å². The van der Waals surface area contributed by atoms with Crippen molar-refractivity contribution < 1.29 is 42.0 Å². The van der Waals surface area contributed by atoms with Gasteiger partial charge in [0.2, 0.25) is 5.75 Å². The van der Waals surface area contributed by atoms with Gasteiger partial charge in [0.25, 0.3) is 0 Å². The van der Waals surface area contributed by atoms with Gasteiger partial charge in [-0.15, -0.1) is 0 Å². The molecule has 0 amide bonds. The van der Waals surface area contributed by atoms with E-state index in [2.05, 4.69) is 4.98 Å². The van der Waals surface area contributed by atoms with Crippen LogP contribution in [0.25, 0.3) is 10.9 Å². The molecule has 0 bridgehead atoms. The summed E-state index contributed by atoms with van der Waals surface area (Å²) in [4.78, 5) is 17.0. The highest BCUT2D eigenvalue weighted by Gasteiger charge is 2.33. The second kappa shape index (κ2) is 12.2. The van der Waals surface area contributed by atoms with E-state index in [1.807, 2.05) is 0 Å². The van der Waals surface area contributed by atoms with E-state index in [1.54, 1.807) is 42.6 Å². The molecule has 214 valence electrons. The largest absolute Gasteiger partial charge is 0.489 e. The molecule has 1 aliphatic rings. The van der Waals surface area contributed by atoms with Crippen molar-refractivity contribution in [1.82, 2.24) is 4.98 Å². The number of aliphatic hydroxyl groups excluding tert-OH is 1. The molecule has 0 spiro atoms. The average Bonchev–Trinajstić information content (AvgIpc) is 2.94. The van der Waals surface area contributed by atoms with Crippen LogP contribution in [0.2, 0.25) is 5.02 Å². The zero-order valence-electron chi connectivity index (χ0n) is 21.7. The van der Waals surface area contributed by atoms with Crippen LogP contribution >= 0.6 is 11.6 Å². The summed E-state index contributed by atoms with van der Waals surface area (Å²) in [6.07, 6.45) is -2.65. The predicted molar refractivity (Wildman–Crippen MR) is 145 cm³/mol. The summed E-state index contributed by atoms with van der Waals surface area (Å²) < 4.78 is 63.1. The van der Waals surface area contributed by atoms with E-state index in [-0.39, 0.29) is 30.8 Å². The molecule has 0 radical (unpaired) electrons. The number of carbonyl (C=O) groups excluding carboxylic acids is 1. The van der Waals surface area contributed by atoms with Crippen molar-refractivity contribution in [3.8, 4) is 28.7 Å². The molecule has 0 saturated carbocycles. The number of ketones is 1. The molecule has 0 aliphatic carbocycles. The first-order chi connectivity index (χ1) is 19.7. The predicted octanol–water partition coefficient (Wildman–Crippen LogP) is 6.59. The number of benzene rings is 3. The third kappa shape index (κ3) is 6.66. The number of pyridine rings is 1. The van der Waals surface area contributed by atoms with E-state index < -0.39 is 16.8 Å². The first-order valence-electron chi connectivity index (χ1n) is 12.8. The van der Waals surface area contributed by atoms with Crippen LogP contribution in [0.1, 0.15) is 23.1 Å². The van der Waals surface area contributed by atoms with E-state index in [0.717, 1.165) is 12.1 Å². The topological polar surface area (TPSA) is 87.1 Å². The molecule has 41 heavy (non-hydrogen) atoms. The average molecular weight is 588 g/mol. The summed E-state index contributed by atoms with van der Waals surface area (Å²) in [6.45, 7) is 0.998. The molecule has 1 aliphatic heterocycles. The highest BCUT2D eigenvalue weighted by atomic mass is 35.5. The summed E-state index contributed by atoms with van der Waals surface area (Å²) in [5.41, 5.74) is 0.542. The second-order valence-electron chi connectivity index (χ2n) is 9.31. The summed E-state index contributed by atoms with van der Waals surface area (Å²) in [6, 6.07) is 13.8. The Bertz CT molecular complexity index is 1560. The van der Waals surface area contributed by atoms with Gasteiger partial charge in [-0.1, -0.05) is 29.8 Å². The molecule has 3 aromatic carbocycles. The zero-order chi connectivity index (χ0) is 29.0. The number of halogens is 4. The number of nitrogens with zero attached hydrogens (tertiary/aromatic N) is 1. The molecule has 7 nitrogen and oxygen atoms in total. The minimum atomic E-state index is -4.60. The van der Waals surface area contributed by atoms with Crippen molar-refractivity contribution in [2.24, 2.45) is 0 Å². The first-order valence-corrected chi connectivity index (χ1v) is 13.2. The van der Waals surface area contributed by atoms with Crippen LogP contribution in [0, 0.1) is 0 Å². The van der Waals surface area contributed by atoms with Crippen LogP contribution in [0.5, 0.6) is 28.7 Å². The highest BCUT2D eigenvalue weighted by molar-refractivity contribution is 6.31. The summed E-state index contributed by atoms with van der Waals surface area (Å²) >= 11 is 5.67. The molecule has 1 N–H and O–H groups in total. The minimum absolute atomic E-state index is 0.00146. The SMILES string of the molecule is O=C(Cc1ccc(Oc2ccnc3cc(OCCCO)c4c(c23)OCCO4)cc1)Cc1ccc(Cl)c(C(F)(F)F)c1. The number of hydrogen-bond acceptors (Lipinski definition) is 7. The Morgan fingerprint density at radius 3 is 2.39 bits per heavy atom. The molecule has 2 heterocycles. The summed E-state index contributed by atoms with van der Waals surface area (Å²) in [5, 5.41) is 9.28. The Labute approximate surface area is 238 Å². The van der Waals surface area contributed by atoms with Crippen LogP contribution in [0.3, 0.4) is 0 Å². The summed E-state index contributed by atoms with van der Waals surface area (Å²) in [5.74, 6) is 2.09. The number of Topliss-reactive ketones (excluding diaryl/α,β-unsaturated/α-hetero) is 1. The van der Waals surface area contributed by atoms with Gasteiger partial charge in [-0.3, -0.25) is 9.78 Å². The third-order valence-corrected chi connectivity index (χ3v) is 6.62. The maximum absolute atomic E-state index is 13.1. The van der Waals surface area contributed by atoms with Gasteiger partial charge in [-0.25, -0.2) is 0 Å². The molecule has 4 aromatic rings. The monoisotopic (exact) mass is 587 g/mol. The number of carbonyl (C=O) groups is 1. The molecule has 11 heteroatoms. The van der Waals surface area contributed by atoms with Crippen molar-refractivity contribution >= 4 is 28.3 Å². The molecular weight excluding hydrogens is 563 g/mol. The Morgan fingerprint density at radius 2 is 1.66 bits per heavy atom. The maximum atomic E-state index is 13.1. The van der Waals surface area contributed by atoms with Gasteiger partial charge in [-0.05, 0) is 41.5 Å². The Kier molecular flexibility index (Phi) is 8.51. The third-order valence-electron chi connectivity index (χ3n) is 6.29. The van der Waals surface area contributed by atoms with Gasteiger partial charge in [0, 0.05) is 38.1 Å². The first kappa shape index (κ1) is 28.5. The Morgan fingerprint density at radius 1 is 0.951 bits per heavy atom. The number of aromatic nitrogens is 1. The zero-order valence-corrected chi connectivity index (χ0v) is 22.4. The van der Waals surface area contributed by atoms with E-state index in [9.17, 15) is 18.0 Å². The van der Waals surface area contributed by atoms with Crippen molar-refractivity contribution in [2.45, 2.75) is 25.4 Å². The van der Waals surface area contributed by atoms with Gasteiger partial charge in [0.05, 0.1) is 28.1 Å². The number of rotatable bonds is 10. The molecule has 0 saturated heterocycles. The fourth-order valence-electron chi connectivity index (χ4n) is 4.43. The normalized spacial score (nSPS) is 12.8. The molecule has 0 unspecified atom stereocenters. The van der Waals surface area contributed by atoms with Crippen molar-refractivity contribution in [2.75, 3.05) is 26.4 Å². The lowest BCUT2D eigenvalue weighted by Gasteiger charge is -2.23. The van der Waals surface area contributed by atoms with E-state index in [1.165, 1.54) is 6.07 Å². The van der Waals surface area contributed by atoms with Crippen molar-refractivity contribution in [1.29, 1.82) is 0 Å². The standard InChI is InChI=1S/C30H25ClF3NO6/c31-23-7-4-19(16-22(23)30(32,33)34)15-20(37)14-18-2-5-21(6-3-18)41-25-8-9-35-24-17-26(38-11-1-10-36)28-29(27(24)25)40-13-12-39-28/h2-9,16-17,36H,1,10-15H2. The summed E-state index contributed by atoms with van der Waals surface area (Å²) in [7, 11) is 0. The fraction of sp³-hybridized carbons (Fsp3) is 0.267. The Hall–Kier alpha value is -4.02. The Balaban J connectivity index is 1.31. The maximum Gasteiger partial charge on any atom is 0.417 e. The highest BCUT2D eigenvalue weighted by Crippen LogP contribution is 2.48. The molecule has 0 atom stereocenters. The fourth-order valence-corrected chi connectivity index (χ4v) is 4.66. The molecular formula is C30H25ClF3NO6. The number of ether oxygens (including phenoxy) is 4. The van der Waals surface area contributed by atoms with E-state index >= 15 is 0 Å². The van der Waals surface area contributed by atoms with Gasteiger partial charge >= 0.3 is 6.18 Å².